The zero-order valence-electron chi connectivity index (χ0n) is 12.3. The summed E-state index contributed by atoms with van der Waals surface area (Å²) in [5.74, 6) is 0.622. The third-order valence-electron chi connectivity index (χ3n) is 3.49. The van der Waals surface area contributed by atoms with Crippen molar-refractivity contribution < 1.29 is 14.3 Å². The highest BCUT2D eigenvalue weighted by Crippen LogP contribution is 2.25. The van der Waals surface area contributed by atoms with E-state index in [1.807, 2.05) is 56.3 Å². The molecule has 2 aromatic carbocycles. The fraction of sp³-hybridized carbons (Fsp3) is 0.278. The van der Waals surface area contributed by atoms with Crippen molar-refractivity contribution in [3.8, 4) is 5.75 Å². The van der Waals surface area contributed by atoms with Gasteiger partial charge in [-0.25, -0.2) is 0 Å². The van der Waals surface area contributed by atoms with E-state index in [4.69, 9.17) is 9.47 Å². The molecule has 1 heterocycles. The zero-order chi connectivity index (χ0) is 14.8. The van der Waals surface area contributed by atoms with Gasteiger partial charge >= 0.3 is 0 Å². The lowest BCUT2D eigenvalue weighted by Gasteiger charge is -2.11. The van der Waals surface area contributed by atoms with Crippen LogP contribution in [0, 0.1) is 13.8 Å². The van der Waals surface area contributed by atoms with Crippen molar-refractivity contribution in [2.45, 2.75) is 20.0 Å². The molecule has 0 aromatic heterocycles. The number of carbonyl (C=O) groups is 1. The highest BCUT2D eigenvalue weighted by atomic mass is 16.6. The molecule has 1 atom stereocenters. The normalized spacial score (nSPS) is 16.6. The summed E-state index contributed by atoms with van der Waals surface area (Å²) in [5.41, 5.74) is 3.41. The summed E-state index contributed by atoms with van der Waals surface area (Å²) >= 11 is 0. The molecule has 0 bridgehead atoms. The van der Waals surface area contributed by atoms with Crippen LogP contribution in [0.5, 0.6) is 5.75 Å². The van der Waals surface area contributed by atoms with E-state index in [9.17, 15) is 4.79 Å². The van der Waals surface area contributed by atoms with E-state index in [1.165, 1.54) is 0 Å². The Hall–Kier alpha value is -2.13. The molecule has 21 heavy (non-hydrogen) atoms. The highest BCUT2D eigenvalue weighted by molar-refractivity contribution is 6.10. The predicted molar refractivity (Wildman–Crippen MR) is 81.0 cm³/mol. The lowest BCUT2D eigenvalue weighted by molar-refractivity contribution is 0.103. The maximum Gasteiger partial charge on any atom is 0.196 e. The van der Waals surface area contributed by atoms with Crippen molar-refractivity contribution in [2.75, 3.05) is 13.2 Å². The molecule has 0 aliphatic carbocycles. The first-order chi connectivity index (χ1) is 10.1. The van der Waals surface area contributed by atoms with E-state index in [2.05, 4.69) is 0 Å². The molecule has 3 rings (SSSR count). The predicted octanol–water partition coefficient (Wildman–Crippen LogP) is 3.31. The summed E-state index contributed by atoms with van der Waals surface area (Å²) in [5, 5.41) is 0. The molecule has 1 saturated heterocycles. The maximum atomic E-state index is 12.7. The van der Waals surface area contributed by atoms with Crippen LogP contribution in [-0.2, 0) is 4.74 Å². The second-order valence-corrected chi connectivity index (χ2v) is 5.46. The van der Waals surface area contributed by atoms with E-state index in [0.29, 0.717) is 23.5 Å². The fourth-order valence-electron chi connectivity index (χ4n) is 2.24. The van der Waals surface area contributed by atoms with E-state index in [-0.39, 0.29) is 11.9 Å². The summed E-state index contributed by atoms with van der Waals surface area (Å²) in [4.78, 5) is 12.7. The molecule has 1 aliphatic rings. The molecule has 1 unspecified atom stereocenters. The average molecular weight is 282 g/mol. The van der Waals surface area contributed by atoms with Gasteiger partial charge in [-0.05, 0) is 32.0 Å². The minimum Gasteiger partial charge on any atom is -0.490 e. The van der Waals surface area contributed by atoms with Crippen molar-refractivity contribution in [3.63, 3.8) is 0 Å². The van der Waals surface area contributed by atoms with E-state index in [0.717, 1.165) is 17.7 Å². The first kappa shape index (κ1) is 13.8. The molecule has 0 radical (unpaired) electrons. The Morgan fingerprint density at radius 2 is 1.95 bits per heavy atom. The van der Waals surface area contributed by atoms with E-state index >= 15 is 0 Å². The van der Waals surface area contributed by atoms with Gasteiger partial charge in [0.05, 0.1) is 12.2 Å². The smallest absolute Gasteiger partial charge is 0.196 e. The Balaban J connectivity index is 1.91. The molecule has 0 amide bonds. The Kier molecular flexibility index (Phi) is 3.76. The number of benzene rings is 2. The van der Waals surface area contributed by atoms with Gasteiger partial charge in [-0.2, -0.15) is 0 Å². The zero-order valence-corrected chi connectivity index (χ0v) is 12.3. The Labute approximate surface area is 124 Å². The first-order valence-corrected chi connectivity index (χ1v) is 7.10. The van der Waals surface area contributed by atoms with Crippen molar-refractivity contribution >= 4 is 5.78 Å². The monoisotopic (exact) mass is 282 g/mol. The van der Waals surface area contributed by atoms with Crippen LogP contribution in [0.4, 0.5) is 0 Å². The van der Waals surface area contributed by atoms with E-state index in [1.54, 1.807) is 0 Å². The molecule has 2 aromatic rings. The van der Waals surface area contributed by atoms with Crippen molar-refractivity contribution in [1.29, 1.82) is 0 Å². The van der Waals surface area contributed by atoms with Gasteiger partial charge in [-0.15, -0.1) is 0 Å². The number of hydrogen-bond acceptors (Lipinski definition) is 3. The Morgan fingerprint density at radius 3 is 2.67 bits per heavy atom. The number of aryl methyl sites for hydroxylation is 2. The quantitative estimate of drug-likeness (QED) is 0.624. The first-order valence-electron chi connectivity index (χ1n) is 7.10. The van der Waals surface area contributed by atoms with Crippen LogP contribution in [0.2, 0.25) is 0 Å². The second-order valence-electron chi connectivity index (χ2n) is 5.46. The van der Waals surface area contributed by atoms with Crippen LogP contribution in [0.25, 0.3) is 0 Å². The van der Waals surface area contributed by atoms with Crippen molar-refractivity contribution in [2.24, 2.45) is 0 Å². The third-order valence-corrected chi connectivity index (χ3v) is 3.49. The number of rotatable bonds is 5. The summed E-state index contributed by atoms with van der Waals surface area (Å²) in [6.45, 7) is 5.19. The number of ketones is 1. The molecule has 108 valence electrons. The van der Waals surface area contributed by atoms with Crippen LogP contribution < -0.4 is 4.74 Å². The molecule has 3 nitrogen and oxygen atoms in total. The summed E-state index contributed by atoms with van der Waals surface area (Å²) < 4.78 is 10.9. The van der Waals surface area contributed by atoms with Crippen LogP contribution in [0.1, 0.15) is 27.0 Å². The SMILES string of the molecule is Cc1cccc(C(=O)c2cc(C)ccc2OCC2CO2)c1. The summed E-state index contributed by atoms with van der Waals surface area (Å²) in [6, 6.07) is 13.3. The van der Waals surface area contributed by atoms with Crippen LogP contribution in [0.3, 0.4) is 0 Å². The summed E-state index contributed by atoms with van der Waals surface area (Å²) in [6.07, 6.45) is 0.174. The minimum atomic E-state index is -0.00545. The molecule has 0 spiro atoms. The minimum absolute atomic E-state index is 0.00545. The largest absolute Gasteiger partial charge is 0.490 e. The fourth-order valence-corrected chi connectivity index (χ4v) is 2.24. The van der Waals surface area contributed by atoms with Gasteiger partial charge in [0, 0.05) is 5.56 Å². The molecule has 0 saturated carbocycles. The average Bonchev–Trinajstić information content (AvgIpc) is 3.29. The lowest BCUT2D eigenvalue weighted by Crippen LogP contribution is -2.10. The Morgan fingerprint density at radius 1 is 1.19 bits per heavy atom. The molecular formula is C18H18O3. The van der Waals surface area contributed by atoms with Gasteiger partial charge in [-0.3, -0.25) is 4.79 Å². The number of carbonyl (C=O) groups excluding carboxylic acids is 1. The van der Waals surface area contributed by atoms with Gasteiger partial charge in [0.1, 0.15) is 18.5 Å². The topological polar surface area (TPSA) is 38.8 Å². The van der Waals surface area contributed by atoms with Crippen molar-refractivity contribution in [3.05, 3.63) is 64.7 Å². The third kappa shape index (κ3) is 3.31. The molecule has 3 heteroatoms. The standard InChI is InChI=1S/C18H18O3/c1-12-4-3-5-14(8-12)18(19)16-9-13(2)6-7-17(16)21-11-15-10-20-15/h3-9,15H,10-11H2,1-2H3. The van der Waals surface area contributed by atoms with E-state index < -0.39 is 0 Å². The highest BCUT2D eigenvalue weighted by Gasteiger charge is 2.24. The van der Waals surface area contributed by atoms with Crippen LogP contribution >= 0.6 is 0 Å². The second kappa shape index (κ2) is 5.70. The van der Waals surface area contributed by atoms with Crippen LogP contribution in [0.15, 0.2) is 42.5 Å². The van der Waals surface area contributed by atoms with Gasteiger partial charge in [-0.1, -0.05) is 35.4 Å². The number of epoxide rings is 1. The summed E-state index contributed by atoms with van der Waals surface area (Å²) in [7, 11) is 0. The van der Waals surface area contributed by atoms with Crippen LogP contribution in [-0.4, -0.2) is 25.1 Å². The van der Waals surface area contributed by atoms with Crippen molar-refractivity contribution in [1.82, 2.24) is 0 Å². The Bertz CT molecular complexity index is 672. The molecule has 1 fully saturated rings. The van der Waals surface area contributed by atoms with Gasteiger partial charge in [0.25, 0.3) is 0 Å². The number of ether oxygens (including phenoxy) is 2. The van der Waals surface area contributed by atoms with Gasteiger partial charge < -0.3 is 9.47 Å². The lowest BCUT2D eigenvalue weighted by atomic mass is 9.99. The number of hydrogen-bond donors (Lipinski definition) is 0. The molecule has 1 aliphatic heterocycles. The van der Waals surface area contributed by atoms with Gasteiger partial charge in [0.2, 0.25) is 0 Å². The molecular weight excluding hydrogens is 264 g/mol. The molecule has 0 N–H and O–H groups in total. The maximum absolute atomic E-state index is 12.7. The van der Waals surface area contributed by atoms with Gasteiger partial charge in [0.15, 0.2) is 5.78 Å².